The van der Waals surface area contributed by atoms with Crippen LogP contribution >= 0.6 is 12.4 Å². The van der Waals surface area contributed by atoms with Crippen molar-refractivity contribution in [3.8, 4) is 0 Å². The number of para-hydroxylation sites is 1. The molecule has 4 aliphatic rings. The van der Waals surface area contributed by atoms with Crippen LogP contribution in [0.15, 0.2) is 24.3 Å². The molecule has 0 spiro atoms. The number of urea groups is 1. The number of amides is 2. The number of nitrogens with one attached hydrogen (secondary N) is 1. The molecule has 2 bridgehead atoms. The summed E-state index contributed by atoms with van der Waals surface area (Å²) in [5.41, 5.74) is 2.38. The Morgan fingerprint density at radius 3 is 2.57 bits per heavy atom. The van der Waals surface area contributed by atoms with E-state index in [-0.39, 0.29) is 23.9 Å². The summed E-state index contributed by atoms with van der Waals surface area (Å²) in [7, 11) is 0. The lowest BCUT2D eigenvalue weighted by Crippen LogP contribution is -2.59. The van der Waals surface area contributed by atoms with Crippen molar-refractivity contribution in [1.29, 1.82) is 0 Å². The molecule has 1 N–H and O–H groups in total. The van der Waals surface area contributed by atoms with Gasteiger partial charge in [-0.25, -0.2) is 4.79 Å². The van der Waals surface area contributed by atoms with Gasteiger partial charge in [0.05, 0.1) is 0 Å². The first-order valence-corrected chi connectivity index (χ1v) is 8.44. The van der Waals surface area contributed by atoms with Gasteiger partial charge in [-0.3, -0.25) is 4.90 Å². The smallest absolute Gasteiger partial charge is 0.322 e. The molecule has 4 aliphatic heterocycles. The van der Waals surface area contributed by atoms with E-state index in [0.717, 1.165) is 18.8 Å². The number of hydrogen-bond acceptors (Lipinski definition) is 2. The van der Waals surface area contributed by atoms with Crippen molar-refractivity contribution in [1.82, 2.24) is 10.2 Å². The third-order valence-corrected chi connectivity index (χ3v) is 5.69. The van der Waals surface area contributed by atoms with Crippen LogP contribution in [-0.2, 0) is 5.41 Å². The first-order chi connectivity index (χ1) is 10.5. The number of hydrogen-bond donors (Lipinski definition) is 1. The molecule has 0 aliphatic carbocycles. The molecule has 5 heteroatoms. The van der Waals surface area contributed by atoms with E-state index in [1.165, 1.54) is 31.5 Å². The Kier molecular flexibility index (Phi) is 4.32. The number of carbonyl (C=O) groups excluding carboxylic acids is 1. The van der Waals surface area contributed by atoms with E-state index >= 15 is 0 Å². The summed E-state index contributed by atoms with van der Waals surface area (Å²) in [6, 6.07) is 8.71. The highest BCUT2D eigenvalue weighted by Crippen LogP contribution is 2.40. The molecule has 23 heavy (non-hydrogen) atoms. The molecule has 4 heterocycles. The Morgan fingerprint density at radius 2 is 1.91 bits per heavy atom. The molecule has 1 atom stereocenters. The molecular weight excluding hydrogens is 310 g/mol. The van der Waals surface area contributed by atoms with Crippen LogP contribution < -0.4 is 10.2 Å². The van der Waals surface area contributed by atoms with Crippen molar-refractivity contribution in [3.05, 3.63) is 29.8 Å². The average molecular weight is 336 g/mol. The van der Waals surface area contributed by atoms with Crippen molar-refractivity contribution in [3.63, 3.8) is 0 Å². The number of nitrogens with zero attached hydrogens (tertiary/aromatic N) is 2. The predicted molar refractivity (Wildman–Crippen MR) is 95.5 cm³/mol. The number of rotatable bonds is 1. The monoisotopic (exact) mass is 335 g/mol. The van der Waals surface area contributed by atoms with E-state index in [9.17, 15) is 4.79 Å². The number of anilines is 1. The predicted octanol–water partition coefficient (Wildman–Crippen LogP) is 3.01. The Balaban J connectivity index is 0.00000156. The minimum Gasteiger partial charge on any atom is -0.333 e. The molecule has 0 radical (unpaired) electrons. The highest BCUT2D eigenvalue weighted by molar-refractivity contribution is 5.95. The van der Waals surface area contributed by atoms with Gasteiger partial charge < -0.3 is 10.2 Å². The lowest BCUT2D eigenvalue weighted by molar-refractivity contribution is 0.0771. The average Bonchev–Trinajstić information content (AvgIpc) is 2.81. The molecule has 3 saturated heterocycles. The van der Waals surface area contributed by atoms with Crippen molar-refractivity contribution < 1.29 is 4.79 Å². The highest BCUT2D eigenvalue weighted by atomic mass is 35.5. The number of carbonyl (C=O) groups is 1. The van der Waals surface area contributed by atoms with Crippen molar-refractivity contribution in [2.24, 2.45) is 5.92 Å². The molecule has 0 saturated carbocycles. The second-order valence-corrected chi connectivity index (χ2v) is 7.68. The maximum Gasteiger partial charge on any atom is 0.322 e. The second kappa shape index (κ2) is 5.99. The van der Waals surface area contributed by atoms with Gasteiger partial charge in [-0.15, -0.1) is 12.4 Å². The Hall–Kier alpha value is -1.26. The van der Waals surface area contributed by atoms with Crippen LogP contribution in [0.25, 0.3) is 0 Å². The van der Waals surface area contributed by atoms with Crippen LogP contribution in [0.4, 0.5) is 10.5 Å². The maximum atomic E-state index is 12.8. The highest BCUT2D eigenvalue weighted by Gasteiger charge is 2.40. The lowest BCUT2D eigenvalue weighted by Gasteiger charge is -2.45. The fourth-order valence-electron chi connectivity index (χ4n) is 4.39. The summed E-state index contributed by atoms with van der Waals surface area (Å²) in [5.74, 6) is 0.666. The van der Waals surface area contributed by atoms with Crippen molar-refractivity contribution in [2.45, 2.75) is 38.1 Å². The van der Waals surface area contributed by atoms with Gasteiger partial charge in [0.2, 0.25) is 0 Å². The minimum atomic E-state index is 0. The van der Waals surface area contributed by atoms with Gasteiger partial charge in [-0.05, 0) is 43.5 Å². The zero-order valence-electron chi connectivity index (χ0n) is 13.9. The quantitative estimate of drug-likeness (QED) is 0.856. The zero-order chi connectivity index (χ0) is 15.3. The lowest BCUT2D eigenvalue weighted by atomic mass is 9.84. The number of benzene rings is 1. The summed E-state index contributed by atoms with van der Waals surface area (Å²) in [4.78, 5) is 17.3. The third kappa shape index (κ3) is 2.83. The Labute approximate surface area is 144 Å². The minimum absolute atomic E-state index is 0. The van der Waals surface area contributed by atoms with Crippen molar-refractivity contribution in [2.75, 3.05) is 31.1 Å². The summed E-state index contributed by atoms with van der Waals surface area (Å²) in [6.45, 7) is 8.63. The number of halogens is 1. The van der Waals surface area contributed by atoms with E-state index in [0.29, 0.717) is 12.0 Å². The SMILES string of the molecule is CC1(C)CN(C(=O)NC2CN3CCC2CC3)c2ccccc21.Cl. The molecule has 3 fully saturated rings. The number of piperidine rings is 3. The van der Waals surface area contributed by atoms with Crippen LogP contribution in [0, 0.1) is 5.92 Å². The topological polar surface area (TPSA) is 35.6 Å². The van der Waals surface area contributed by atoms with E-state index in [1.54, 1.807) is 0 Å². The molecule has 126 valence electrons. The van der Waals surface area contributed by atoms with E-state index in [2.05, 4.69) is 42.3 Å². The fourth-order valence-corrected chi connectivity index (χ4v) is 4.39. The van der Waals surface area contributed by atoms with Crippen molar-refractivity contribution >= 4 is 24.1 Å². The summed E-state index contributed by atoms with van der Waals surface area (Å²) < 4.78 is 0. The molecular formula is C18H26ClN3O. The van der Waals surface area contributed by atoms with Gasteiger partial charge >= 0.3 is 6.03 Å². The molecule has 2 amide bonds. The molecule has 1 unspecified atom stereocenters. The van der Waals surface area contributed by atoms with Gasteiger partial charge in [-0.2, -0.15) is 0 Å². The van der Waals surface area contributed by atoms with Crippen LogP contribution in [0.3, 0.4) is 0 Å². The van der Waals surface area contributed by atoms with Crippen LogP contribution in [0.2, 0.25) is 0 Å². The van der Waals surface area contributed by atoms with E-state index < -0.39 is 0 Å². The molecule has 1 aromatic rings. The molecule has 4 nitrogen and oxygen atoms in total. The maximum absolute atomic E-state index is 12.8. The van der Waals surface area contributed by atoms with Gasteiger partial charge in [0.1, 0.15) is 0 Å². The summed E-state index contributed by atoms with van der Waals surface area (Å²) in [6.07, 6.45) is 2.46. The molecule has 5 rings (SSSR count). The third-order valence-electron chi connectivity index (χ3n) is 5.69. The standard InChI is InChI=1S/C18H25N3O.ClH/c1-18(2)12-21(16-6-4-3-5-14(16)18)17(22)19-15-11-20-9-7-13(15)8-10-20;/h3-6,13,15H,7-12H2,1-2H3,(H,19,22);1H. The number of fused-ring (bicyclic) bond motifs is 4. The zero-order valence-corrected chi connectivity index (χ0v) is 14.7. The summed E-state index contributed by atoms with van der Waals surface area (Å²) in [5, 5.41) is 3.32. The Morgan fingerprint density at radius 1 is 1.22 bits per heavy atom. The first kappa shape index (κ1) is 16.6. The van der Waals surface area contributed by atoms with Crippen LogP contribution in [0.1, 0.15) is 32.3 Å². The largest absolute Gasteiger partial charge is 0.333 e. The van der Waals surface area contributed by atoms with Gasteiger partial charge in [0, 0.05) is 30.2 Å². The van der Waals surface area contributed by atoms with E-state index in [1.807, 2.05) is 11.0 Å². The van der Waals surface area contributed by atoms with Crippen LogP contribution in [0.5, 0.6) is 0 Å². The Bertz CT molecular complexity index is 596. The molecule has 0 aromatic heterocycles. The fraction of sp³-hybridized carbons (Fsp3) is 0.611. The second-order valence-electron chi connectivity index (χ2n) is 7.68. The first-order valence-electron chi connectivity index (χ1n) is 8.44. The normalized spacial score (nSPS) is 30.5. The van der Waals surface area contributed by atoms with Gasteiger partial charge in [-0.1, -0.05) is 32.0 Å². The summed E-state index contributed by atoms with van der Waals surface area (Å²) >= 11 is 0. The molecule has 1 aromatic carbocycles. The van der Waals surface area contributed by atoms with Crippen LogP contribution in [-0.4, -0.2) is 43.2 Å². The van der Waals surface area contributed by atoms with Gasteiger partial charge in [0.15, 0.2) is 0 Å². The van der Waals surface area contributed by atoms with Gasteiger partial charge in [0.25, 0.3) is 0 Å². The van der Waals surface area contributed by atoms with E-state index in [4.69, 9.17) is 0 Å².